The smallest absolute Gasteiger partial charge is 0.242 e. The molecular weight excluding hydrogens is 270 g/mol. The third kappa shape index (κ3) is 4.18. The van der Waals surface area contributed by atoms with Gasteiger partial charge in [-0.25, -0.2) is 4.98 Å². The second-order valence-corrected chi connectivity index (χ2v) is 5.31. The molecule has 0 aliphatic carbocycles. The van der Waals surface area contributed by atoms with Crippen molar-refractivity contribution >= 4 is 11.5 Å². The van der Waals surface area contributed by atoms with Crippen LogP contribution >= 0.6 is 0 Å². The lowest BCUT2D eigenvalue weighted by molar-refractivity contribution is 0.104. The summed E-state index contributed by atoms with van der Waals surface area (Å²) in [6.07, 6.45) is 1.91. The monoisotopic (exact) mass is 295 g/mol. The van der Waals surface area contributed by atoms with E-state index in [2.05, 4.69) is 20.2 Å². The Morgan fingerprint density at radius 2 is 2.24 bits per heavy atom. The van der Waals surface area contributed by atoms with Gasteiger partial charge in [-0.15, -0.1) is 0 Å². The zero-order valence-corrected chi connectivity index (χ0v) is 13.1. The fraction of sp³-hybridized carbons (Fsp3) is 0.714. The first-order valence-corrected chi connectivity index (χ1v) is 7.42. The summed E-state index contributed by atoms with van der Waals surface area (Å²) in [7, 11) is 4.04. The van der Waals surface area contributed by atoms with Gasteiger partial charge in [0.15, 0.2) is 11.6 Å². The van der Waals surface area contributed by atoms with Gasteiger partial charge in [-0.2, -0.15) is 4.98 Å². The summed E-state index contributed by atoms with van der Waals surface area (Å²) in [5, 5.41) is 3.25. The summed E-state index contributed by atoms with van der Waals surface area (Å²) < 4.78 is 11.2. The highest BCUT2D eigenvalue weighted by Gasteiger charge is 2.23. The zero-order valence-electron chi connectivity index (χ0n) is 13.1. The van der Waals surface area contributed by atoms with Gasteiger partial charge in [0.25, 0.3) is 0 Å². The first-order valence-electron chi connectivity index (χ1n) is 7.42. The van der Waals surface area contributed by atoms with Crippen molar-refractivity contribution in [2.24, 2.45) is 0 Å². The summed E-state index contributed by atoms with van der Waals surface area (Å²) in [6, 6.07) is 0. The number of aromatic nitrogens is 2. The molecule has 7 heteroatoms. The van der Waals surface area contributed by atoms with Gasteiger partial charge in [0.1, 0.15) is 11.8 Å². The number of hydrogen-bond acceptors (Lipinski definition) is 7. The van der Waals surface area contributed by atoms with E-state index in [-0.39, 0.29) is 6.10 Å². The molecule has 1 atom stereocenters. The van der Waals surface area contributed by atoms with E-state index in [9.17, 15) is 0 Å². The number of likely N-dealkylation sites (N-methyl/N-ethyl adjacent to an activating group) is 1. The van der Waals surface area contributed by atoms with Crippen molar-refractivity contribution in [2.45, 2.75) is 25.9 Å². The average Bonchev–Trinajstić information content (AvgIpc) is 2.96. The molecule has 0 bridgehead atoms. The number of anilines is 2. The first-order chi connectivity index (χ1) is 10.1. The van der Waals surface area contributed by atoms with Gasteiger partial charge < -0.3 is 25.4 Å². The van der Waals surface area contributed by atoms with Gasteiger partial charge in [0, 0.05) is 19.7 Å². The highest BCUT2D eigenvalue weighted by Crippen LogP contribution is 2.32. The molecule has 7 nitrogen and oxygen atoms in total. The molecule has 2 rings (SSSR count). The van der Waals surface area contributed by atoms with Crippen LogP contribution in [0, 0.1) is 0 Å². The molecule has 0 aromatic carbocycles. The second kappa shape index (κ2) is 7.42. The van der Waals surface area contributed by atoms with Crippen molar-refractivity contribution in [3.8, 4) is 5.88 Å². The van der Waals surface area contributed by atoms with E-state index in [1.54, 1.807) is 0 Å². The van der Waals surface area contributed by atoms with Crippen molar-refractivity contribution in [1.29, 1.82) is 0 Å². The van der Waals surface area contributed by atoms with Crippen LogP contribution in [-0.2, 0) is 4.74 Å². The lowest BCUT2D eigenvalue weighted by Gasteiger charge is -2.17. The van der Waals surface area contributed by atoms with Crippen LogP contribution in [-0.4, -0.2) is 55.3 Å². The molecule has 21 heavy (non-hydrogen) atoms. The molecule has 1 aliphatic rings. The minimum Gasteiger partial charge on any atom is -0.476 e. The number of hydrogen-bond donors (Lipinski definition) is 2. The highest BCUT2D eigenvalue weighted by molar-refractivity contribution is 5.67. The van der Waals surface area contributed by atoms with E-state index in [4.69, 9.17) is 15.2 Å². The van der Waals surface area contributed by atoms with Crippen LogP contribution in [0.5, 0.6) is 5.88 Å². The van der Waals surface area contributed by atoms with Crippen LogP contribution in [0.2, 0.25) is 0 Å². The van der Waals surface area contributed by atoms with E-state index < -0.39 is 0 Å². The van der Waals surface area contributed by atoms with Crippen LogP contribution in [0.25, 0.3) is 0 Å². The van der Waals surface area contributed by atoms with Crippen molar-refractivity contribution in [3.05, 3.63) is 5.82 Å². The summed E-state index contributed by atoms with van der Waals surface area (Å²) in [5.41, 5.74) is 6.54. The Bertz CT molecular complexity index is 461. The van der Waals surface area contributed by atoms with E-state index >= 15 is 0 Å². The standard InChI is InChI=1S/C14H25N5O2/c1-4-20-14-11(15)13(16-7-8-19(2)3)17-12(18-14)10-6-5-9-21-10/h10H,4-9,15H2,1-3H3,(H,16,17,18). The zero-order chi connectivity index (χ0) is 15.2. The summed E-state index contributed by atoms with van der Waals surface area (Å²) in [6.45, 7) is 4.83. The predicted molar refractivity (Wildman–Crippen MR) is 82.6 cm³/mol. The normalized spacial score (nSPS) is 18.2. The van der Waals surface area contributed by atoms with Crippen molar-refractivity contribution in [1.82, 2.24) is 14.9 Å². The second-order valence-electron chi connectivity index (χ2n) is 5.31. The number of nitrogens with zero attached hydrogens (tertiary/aromatic N) is 3. The third-order valence-corrected chi connectivity index (χ3v) is 3.28. The highest BCUT2D eigenvalue weighted by atomic mass is 16.5. The van der Waals surface area contributed by atoms with Gasteiger partial charge in [-0.1, -0.05) is 0 Å². The number of nitrogens with one attached hydrogen (secondary N) is 1. The topological polar surface area (TPSA) is 85.5 Å². The van der Waals surface area contributed by atoms with Crippen LogP contribution in [0.15, 0.2) is 0 Å². The molecule has 1 aromatic rings. The number of nitrogen functional groups attached to an aromatic ring is 1. The SMILES string of the molecule is CCOc1nc(C2CCCO2)nc(NCCN(C)C)c1N. The molecule has 0 radical (unpaired) electrons. The molecule has 0 spiro atoms. The fourth-order valence-corrected chi connectivity index (χ4v) is 2.17. The molecule has 3 N–H and O–H groups in total. The van der Waals surface area contributed by atoms with Crippen LogP contribution < -0.4 is 15.8 Å². The van der Waals surface area contributed by atoms with Crippen LogP contribution in [0.1, 0.15) is 31.7 Å². The predicted octanol–water partition coefficient (Wildman–Crippen LogP) is 1.28. The molecule has 1 saturated heterocycles. The minimum absolute atomic E-state index is 0.0563. The first kappa shape index (κ1) is 15.8. The van der Waals surface area contributed by atoms with E-state index in [1.807, 2.05) is 21.0 Å². The lowest BCUT2D eigenvalue weighted by Crippen LogP contribution is -2.22. The fourth-order valence-electron chi connectivity index (χ4n) is 2.17. The van der Waals surface area contributed by atoms with Gasteiger partial charge in [0.05, 0.1) is 6.61 Å². The van der Waals surface area contributed by atoms with E-state index in [1.165, 1.54) is 0 Å². The largest absolute Gasteiger partial charge is 0.476 e. The number of ether oxygens (including phenoxy) is 2. The van der Waals surface area contributed by atoms with Gasteiger partial charge >= 0.3 is 0 Å². The van der Waals surface area contributed by atoms with Gasteiger partial charge in [-0.05, 0) is 33.9 Å². The average molecular weight is 295 g/mol. The molecule has 118 valence electrons. The molecule has 1 fully saturated rings. The summed E-state index contributed by atoms with van der Waals surface area (Å²) in [5.74, 6) is 1.71. The number of rotatable bonds is 7. The van der Waals surface area contributed by atoms with E-state index in [0.29, 0.717) is 29.8 Å². The Morgan fingerprint density at radius 1 is 1.43 bits per heavy atom. The Balaban J connectivity index is 2.19. The number of nitrogens with two attached hydrogens (primary N) is 1. The molecule has 2 heterocycles. The van der Waals surface area contributed by atoms with Crippen LogP contribution in [0.4, 0.5) is 11.5 Å². The van der Waals surface area contributed by atoms with Crippen molar-refractivity contribution < 1.29 is 9.47 Å². The van der Waals surface area contributed by atoms with Crippen LogP contribution in [0.3, 0.4) is 0 Å². The molecular formula is C14H25N5O2. The maximum Gasteiger partial charge on any atom is 0.242 e. The maximum absolute atomic E-state index is 6.09. The van der Waals surface area contributed by atoms with Crippen molar-refractivity contribution in [3.63, 3.8) is 0 Å². The quantitative estimate of drug-likeness (QED) is 0.783. The minimum atomic E-state index is -0.0563. The summed E-state index contributed by atoms with van der Waals surface area (Å²) in [4.78, 5) is 11.0. The molecule has 0 saturated carbocycles. The Kier molecular flexibility index (Phi) is 5.58. The molecule has 0 amide bonds. The van der Waals surface area contributed by atoms with E-state index in [0.717, 1.165) is 32.5 Å². The van der Waals surface area contributed by atoms with Gasteiger partial charge in [0.2, 0.25) is 5.88 Å². The lowest BCUT2D eigenvalue weighted by atomic mass is 10.2. The van der Waals surface area contributed by atoms with Gasteiger partial charge in [-0.3, -0.25) is 0 Å². The Hall–Kier alpha value is -1.60. The molecule has 1 unspecified atom stereocenters. The summed E-state index contributed by atoms with van der Waals surface area (Å²) >= 11 is 0. The Labute approximate surface area is 125 Å². The third-order valence-electron chi connectivity index (χ3n) is 3.28. The Morgan fingerprint density at radius 3 is 2.86 bits per heavy atom. The molecule has 1 aromatic heterocycles. The molecule has 1 aliphatic heterocycles. The van der Waals surface area contributed by atoms with Crippen molar-refractivity contribution in [2.75, 3.05) is 51.4 Å². The maximum atomic E-state index is 6.09.